The van der Waals surface area contributed by atoms with Gasteiger partial charge in [-0.2, -0.15) is 0 Å². The van der Waals surface area contributed by atoms with E-state index in [0.29, 0.717) is 13.0 Å². The van der Waals surface area contributed by atoms with Gasteiger partial charge in [-0.3, -0.25) is 4.79 Å². The molecule has 2 aliphatic heterocycles. The minimum Gasteiger partial charge on any atom is -0.354 e. The van der Waals surface area contributed by atoms with Crippen LogP contribution in [0.2, 0.25) is 5.28 Å². The molecule has 1 aromatic heterocycles. The molecule has 25 heavy (non-hydrogen) atoms. The molecule has 0 radical (unpaired) electrons. The second-order valence-corrected chi connectivity index (χ2v) is 6.67. The molecule has 1 N–H and O–H groups in total. The maximum absolute atomic E-state index is 12.5. The van der Waals surface area contributed by atoms with Gasteiger partial charge in [0.15, 0.2) is 0 Å². The zero-order valence-electron chi connectivity index (χ0n) is 13.9. The van der Waals surface area contributed by atoms with E-state index >= 15 is 0 Å². The molecule has 1 fully saturated rings. The summed E-state index contributed by atoms with van der Waals surface area (Å²) in [5.41, 5.74) is 2.93. The number of fused-ring (bicyclic) bond motifs is 1. The molecule has 7 heteroatoms. The summed E-state index contributed by atoms with van der Waals surface area (Å²) >= 11 is 6.16. The van der Waals surface area contributed by atoms with Crippen molar-refractivity contribution >= 4 is 29.0 Å². The fourth-order valence-electron chi connectivity index (χ4n) is 3.42. The second-order valence-electron chi connectivity index (χ2n) is 6.33. The third-order valence-corrected chi connectivity index (χ3v) is 4.86. The van der Waals surface area contributed by atoms with Crippen molar-refractivity contribution in [2.24, 2.45) is 0 Å². The number of hydrogen-bond donors (Lipinski definition) is 1. The zero-order chi connectivity index (χ0) is 17.2. The molecule has 2 aromatic rings. The molecule has 4 rings (SSSR count). The second kappa shape index (κ2) is 6.98. The van der Waals surface area contributed by atoms with Crippen LogP contribution in [0.4, 0.5) is 11.5 Å². The minimum absolute atomic E-state index is 0.122. The summed E-state index contributed by atoms with van der Waals surface area (Å²) in [4.78, 5) is 25.2. The molecule has 1 amide bonds. The van der Waals surface area contributed by atoms with Crippen LogP contribution in [0, 0.1) is 0 Å². The summed E-state index contributed by atoms with van der Waals surface area (Å²) in [6, 6.07) is 9.99. The molecule has 1 aromatic carbocycles. The summed E-state index contributed by atoms with van der Waals surface area (Å²) in [5.74, 6) is 0.950. The van der Waals surface area contributed by atoms with Crippen LogP contribution in [-0.2, 0) is 17.8 Å². The minimum atomic E-state index is 0.122. The maximum atomic E-state index is 12.5. The van der Waals surface area contributed by atoms with Crippen molar-refractivity contribution in [2.45, 2.75) is 19.4 Å². The number of para-hydroxylation sites is 1. The van der Waals surface area contributed by atoms with E-state index in [-0.39, 0.29) is 11.2 Å². The van der Waals surface area contributed by atoms with E-state index in [2.05, 4.69) is 26.3 Å². The monoisotopic (exact) mass is 357 g/mol. The highest BCUT2D eigenvalue weighted by Gasteiger charge is 2.25. The van der Waals surface area contributed by atoms with Crippen LogP contribution in [0.3, 0.4) is 0 Å². The van der Waals surface area contributed by atoms with E-state index < -0.39 is 0 Å². The predicted molar refractivity (Wildman–Crippen MR) is 98.1 cm³/mol. The number of carbonyl (C=O) groups is 1. The highest BCUT2D eigenvalue weighted by atomic mass is 35.5. The van der Waals surface area contributed by atoms with Crippen molar-refractivity contribution < 1.29 is 4.79 Å². The first-order chi connectivity index (χ1) is 12.2. The lowest BCUT2D eigenvalue weighted by Gasteiger charge is -2.30. The van der Waals surface area contributed by atoms with E-state index in [9.17, 15) is 4.79 Å². The Morgan fingerprint density at radius 1 is 1.12 bits per heavy atom. The molecule has 0 bridgehead atoms. The molecule has 0 aliphatic carbocycles. The van der Waals surface area contributed by atoms with E-state index in [4.69, 9.17) is 11.6 Å². The van der Waals surface area contributed by atoms with Gasteiger partial charge in [-0.25, -0.2) is 9.97 Å². The van der Waals surface area contributed by atoms with Gasteiger partial charge in [-0.05, 0) is 29.7 Å². The van der Waals surface area contributed by atoms with Gasteiger partial charge in [0.05, 0.1) is 12.2 Å². The lowest BCUT2D eigenvalue weighted by atomic mass is 10.0. The zero-order valence-corrected chi connectivity index (χ0v) is 14.7. The van der Waals surface area contributed by atoms with Gasteiger partial charge in [0.1, 0.15) is 5.82 Å². The average Bonchev–Trinajstić information content (AvgIpc) is 2.64. The number of halogens is 1. The molecule has 0 unspecified atom stereocenters. The number of hydrogen-bond acceptors (Lipinski definition) is 5. The van der Waals surface area contributed by atoms with Crippen LogP contribution >= 0.6 is 11.6 Å². The first-order valence-electron chi connectivity index (χ1n) is 8.58. The Hall–Kier alpha value is -2.18. The number of anilines is 2. The first-order valence-corrected chi connectivity index (χ1v) is 8.96. The molecule has 0 spiro atoms. The van der Waals surface area contributed by atoms with Crippen LogP contribution in [0.15, 0.2) is 30.3 Å². The summed E-state index contributed by atoms with van der Waals surface area (Å²) in [5, 5.41) is 3.55. The first kappa shape index (κ1) is 16.3. The third-order valence-electron chi connectivity index (χ3n) is 4.69. The number of nitrogens with one attached hydrogen (secondary N) is 1. The number of piperazine rings is 1. The Labute approximate surface area is 151 Å². The molecule has 0 atom stereocenters. The molecule has 0 saturated carbocycles. The SMILES string of the molecule is O=C1CCc2ccccc2N1Cc1cc(N2CCNCC2)nc(Cl)n1. The number of aromatic nitrogens is 2. The van der Waals surface area contributed by atoms with Gasteiger partial charge < -0.3 is 15.1 Å². The number of carbonyl (C=O) groups excluding carboxylic acids is 1. The Balaban J connectivity index is 1.62. The summed E-state index contributed by atoms with van der Waals surface area (Å²) in [6.45, 7) is 4.04. The van der Waals surface area contributed by atoms with Gasteiger partial charge in [0.2, 0.25) is 11.2 Å². The molecule has 2 aliphatic rings. The van der Waals surface area contributed by atoms with E-state index in [1.165, 1.54) is 5.56 Å². The van der Waals surface area contributed by atoms with Crippen molar-refractivity contribution in [3.63, 3.8) is 0 Å². The molecular formula is C18H20ClN5O. The van der Waals surface area contributed by atoms with E-state index in [1.54, 1.807) is 4.90 Å². The number of amides is 1. The lowest BCUT2D eigenvalue weighted by molar-refractivity contribution is -0.119. The highest BCUT2D eigenvalue weighted by molar-refractivity contribution is 6.28. The van der Waals surface area contributed by atoms with Crippen LogP contribution in [-0.4, -0.2) is 42.1 Å². The molecule has 130 valence electrons. The van der Waals surface area contributed by atoms with Gasteiger partial charge in [-0.1, -0.05) is 18.2 Å². The van der Waals surface area contributed by atoms with Crippen molar-refractivity contribution in [2.75, 3.05) is 36.0 Å². The van der Waals surface area contributed by atoms with Crippen molar-refractivity contribution in [3.8, 4) is 0 Å². The van der Waals surface area contributed by atoms with E-state index in [0.717, 1.165) is 49.8 Å². The summed E-state index contributed by atoms with van der Waals surface area (Å²) in [6.07, 6.45) is 1.32. The van der Waals surface area contributed by atoms with Crippen molar-refractivity contribution in [3.05, 3.63) is 46.9 Å². The van der Waals surface area contributed by atoms with Crippen LogP contribution in [0.25, 0.3) is 0 Å². The quantitative estimate of drug-likeness (QED) is 0.851. The van der Waals surface area contributed by atoms with Gasteiger partial charge in [0.25, 0.3) is 0 Å². The third kappa shape index (κ3) is 3.45. The predicted octanol–water partition coefficient (Wildman–Crippen LogP) is 2.02. The smallest absolute Gasteiger partial charge is 0.227 e. The fourth-order valence-corrected chi connectivity index (χ4v) is 3.62. The standard InChI is InChI=1S/C18H20ClN5O/c19-18-21-14(11-16(22-18)23-9-7-20-8-10-23)12-24-15-4-2-1-3-13(15)5-6-17(24)25/h1-4,11,20H,5-10,12H2. The average molecular weight is 358 g/mol. The van der Waals surface area contributed by atoms with Crippen LogP contribution < -0.4 is 15.1 Å². The Bertz CT molecular complexity index is 791. The number of benzene rings is 1. The number of nitrogens with zero attached hydrogens (tertiary/aromatic N) is 4. The van der Waals surface area contributed by atoms with Crippen LogP contribution in [0.1, 0.15) is 17.7 Å². The lowest BCUT2D eigenvalue weighted by Crippen LogP contribution is -2.44. The molecule has 3 heterocycles. The normalized spacial score (nSPS) is 17.6. The fraction of sp³-hybridized carbons (Fsp3) is 0.389. The Kier molecular flexibility index (Phi) is 4.55. The number of rotatable bonds is 3. The van der Waals surface area contributed by atoms with Gasteiger partial charge >= 0.3 is 0 Å². The van der Waals surface area contributed by atoms with Crippen molar-refractivity contribution in [1.29, 1.82) is 0 Å². The van der Waals surface area contributed by atoms with Crippen molar-refractivity contribution in [1.82, 2.24) is 15.3 Å². The molecule has 6 nitrogen and oxygen atoms in total. The van der Waals surface area contributed by atoms with Gasteiger partial charge in [-0.15, -0.1) is 0 Å². The Morgan fingerprint density at radius 3 is 2.76 bits per heavy atom. The molecule has 1 saturated heterocycles. The molecular weight excluding hydrogens is 338 g/mol. The maximum Gasteiger partial charge on any atom is 0.227 e. The summed E-state index contributed by atoms with van der Waals surface area (Å²) < 4.78 is 0. The topological polar surface area (TPSA) is 61.4 Å². The number of aryl methyl sites for hydroxylation is 1. The largest absolute Gasteiger partial charge is 0.354 e. The Morgan fingerprint density at radius 2 is 1.92 bits per heavy atom. The summed E-state index contributed by atoms with van der Waals surface area (Å²) in [7, 11) is 0. The highest BCUT2D eigenvalue weighted by Crippen LogP contribution is 2.29. The van der Waals surface area contributed by atoms with E-state index in [1.807, 2.05) is 24.3 Å². The van der Waals surface area contributed by atoms with Gasteiger partial charge in [0, 0.05) is 44.4 Å². The van der Waals surface area contributed by atoms with Crippen LogP contribution in [0.5, 0.6) is 0 Å².